The molecule has 3 aliphatic heterocycles. The summed E-state index contributed by atoms with van der Waals surface area (Å²) in [6.07, 6.45) is 4.41. The van der Waals surface area contributed by atoms with Gasteiger partial charge in [-0.15, -0.1) is 11.6 Å². The number of ether oxygens (including phenoxy) is 1. The number of hydrogen-bond acceptors (Lipinski definition) is 12. The van der Waals surface area contributed by atoms with Gasteiger partial charge in [0.15, 0.2) is 0 Å². The van der Waals surface area contributed by atoms with Crippen LogP contribution in [0, 0.1) is 11.8 Å². The number of benzene rings is 4. The van der Waals surface area contributed by atoms with Gasteiger partial charge in [0.2, 0.25) is 17.7 Å². The molecule has 81 heavy (non-hydrogen) atoms. The van der Waals surface area contributed by atoms with Crippen LogP contribution in [-0.4, -0.2) is 151 Å². The Morgan fingerprint density at radius 1 is 0.790 bits per heavy atom. The number of H-pyrrole nitrogens is 1. The Hall–Kier alpha value is -7.65. The number of halogens is 1. The molecule has 1 fully saturated rings. The van der Waals surface area contributed by atoms with Crippen molar-refractivity contribution in [2.75, 3.05) is 80.8 Å². The van der Waals surface area contributed by atoms with E-state index in [0.29, 0.717) is 103 Å². The average molecular weight is 1130 g/mol. The number of imide groups is 1. The van der Waals surface area contributed by atoms with E-state index in [2.05, 4.69) is 36.5 Å². The third-order valence-electron chi connectivity index (χ3n) is 15.1. The fourth-order valence-electron chi connectivity index (χ4n) is 10.4. The molecule has 8 amide bonds. The number of hydrogen-bond donors (Lipinski definition) is 7. The maximum Gasteiger partial charge on any atom is 0.415 e. The highest BCUT2D eigenvalue weighted by atomic mass is 35.5. The fourth-order valence-corrected chi connectivity index (χ4v) is 10.7. The van der Waals surface area contributed by atoms with Crippen LogP contribution >= 0.6 is 11.6 Å². The van der Waals surface area contributed by atoms with Crippen molar-refractivity contribution in [3.63, 3.8) is 0 Å². The third kappa shape index (κ3) is 14.8. The zero-order chi connectivity index (χ0) is 57.9. The number of amides is 8. The van der Waals surface area contributed by atoms with Crippen LogP contribution in [0.25, 0.3) is 21.7 Å². The standard InChI is InChI=1S/C60H74ClN11O9/c1-36(2)29-47(63-34-49(37(3)4)67-52(73)14-10-24-71-53(74)21-22-54(71)75)58(78)68-46(13-8-9-23-62)57(77)64-41-17-15-38(16-18-41)56(76)65-42-19-20-45-39(30-42)31-48(66-45)59(79)72-35-40(33-61)55-44-12-7-6-11-43(44)51(32-50(55)72)81-60(80)70-27-25-69(5)26-28-70/h6-7,11-12,15-22,30-32,36-37,40,46-47,49,63,66H,8-10,13-14,23-29,33-35,62H2,1-5H3,(H,64,77)(H,65,76)(H,67,73)(H,68,78)/t40-,46+,47+,49?/m1/s1. The largest absolute Gasteiger partial charge is 0.415 e. The Morgan fingerprint density at radius 3 is 2.17 bits per heavy atom. The highest BCUT2D eigenvalue weighted by molar-refractivity contribution is 6.19. The van der Waals surface area contributed by atoms with Crippen LogP contribution in [0.2, 0.25) is 0 Å². The summed E-state index contributed by atoms with van der Waals surface area (Å²) in [6.45, 7) is 11.6. The first kappa shape index (κ1) is 59.5. The number of carbonyl (C=O) groups excluding carboxylic acids is 8. The summed E-state index contributed by atoms with van der Waals surface area (Å²) in [5, 5.41) is 17.5. The molecule has 3 aliphatic rings. The summed E-state index contributed by atoms with van der Waals surface area (Å²) in [5.41, 5.74) is 9.55. The SMILES string of the molecule is CC(C)C[C@H](NCC(NC(=O)CCCN1C(=O)C=CC1=O)C(C)C)C(=O)N[C@@H](CCCCN)C(=O)Nc1ccc(C(=O)Nc2ccc3[nH]c(C(=O)N4C[C@@H](CCl)c5c4cc(OC(=O)N4CCN(C)CC4)c4ccccc54)cc3c2)cc1. The molecule has 4 aromatic carbocycles. The molecule has 21 heteroatoms. The lowest BCUT2D eigenvalue weighted by molar-refractivity contribution is -0.137. The molecule has 1 unspecified atom stereocenters. The minimum Gasteiger partial charge on any atom is -0.409 e. The van der Waals surface area contributed by atoms with E-state index in [4.69, 9.17) is 22.1 Å². The van der Waals surface area contributed by atoms with Gasteiger partial charge in [-0.2, -0.15) is 0 Å². The van der Waals surface area contributed by atoms with Crippen molar-refractivity contribution in [2.45, 2.75) is 90.3 Å². The predicted octanol–water partition coefficient (Wildman–Crippen LogP) is 6.71. The molecular formula is C60H74ClN11O9. The van der Waals surface area contributed by atoms with E-state index in [1.807, 2.05) is 59.0 Å². The second-order valence-corrected chi connectivity index (χ2v) is 22.2. The normalized spacial score (nSPS) is 16.5. The molecular weight excluding hydrogens is 1050 g/mol. The maximum absolute atomic E-state index is 14.5. The number of piperazine rings is 1. The molecule has 8 N–H and O–H groups in total. The minimum absolute atomic E-state index is 0.00209. The summed E-state index contributed by atoms with van der Waals surface area (Å²) in [5.74, 6) is -1.95. The minimum atomic E-state index is -0.904. The van der Waals surface area contributed by atoms with Gasteiger partial charge >= 0.3 is 6.09 Å². The number of fused-ring (bicyclic) bond motifs is 4. The van der Waals surface area contributed by atoms with Gasteiger partial charge in [0, 0.05) is 122 Å². The zero-order valence-electron chi connectivity index (χ0n) is 46.6. The number of aromatic nitrogens is 1. The van der Waals surface area contributed by atoms with E-state index in [1.165, 1.54) is 12.2 Å². The van der Waals surface area contributed by atoms with E-state index in [9.17, 15) is 38.4 Å². The van der Waals surface area contributed by atoms with Crippen molar-refractivity contribution in [2.24, 2.45) is 17.6 Å². The number of nitrogens with two attached hydrogens (primary N) is 1. The number of alkyl halides is 1. The molecule has 0 spiro atoms. The molecule has 4 heterocycles. The van der Waals surface area contributed by atoms with Crippen molar-refractivity contribution in [1.82, 2.24) is 35.6 Å². The molecule has 0 bridgehead atoms. The van der Waals surface area contributed by atoms with Gasteiger partial charge in [0.25, 0.3) is 23.6 Å². The van der Waals surface area contributed by atoms with Crippen LogP contribution in [0.5, 0.6) is 5.75 Å². The van der Waals surface area contributed by atoms with Gasteiger partial charge in [0.05, 0.1) is 11.7 Å². The summed E-state index contributed by atoms with van der Waals surface area (Å²) in [7, 11) is 2.02. The van der Waals surface area contributed by atoms with Gasteiger partial charge in [-0.1, -0.05) is 52.0 Å². The molecule has 20 nitrogen and oxygen atoms in total. The molecule has 4 atom stereocenters. The van der Waals surface area contributed by atoms with Crippen LogP contribution < -0.4 is 42.0 Å². The number of aromatic amines is 1. The second kappa shape index (κ2) is 27.2. The highest BCUT2D eigenvalue weighted by Crippen LogP contribution is 2.46. The third-order valence-corrected chi connectivity index (χ3v) is 15.4. The van der Waals surface area contributed by atoms with Crippen LogP contribution in [-0.2, 0) is 24.0 Å². The number of carbonyl (C=O) groups is 8. The van der Waals surface area contributed by atoms with Gasteiger partial charge in [0.1, 0.15) is 17.5 Å². The van der Waals surface area contributed by atoms with Crippen LogP contribution in [0.15, 0.2) is 91.0 Å². The smallest absolute Gasteiger partial charge is 0.409 e. The monoisotopic (exact) mass is 1130 g/mol. The summed E-state index contributed by atoms with van der Waals surface area (Å²) < 4.78 is 6.07. The fraction of sp³-hybridized carbons (Fsp3) is 0.433. The van der Waals surface area contributed by atoms with Crippen molar-refractivity contribution in [3.05, 3.63) is 108 Å². The molecule has 1 saturated heterocycles. The Kier molecular flexibility index (Phi) is 20.0. The Bertz CT molecular complexity index is 3150. The lowest BCUT2D eigenvalue weighted by Crippen LogP contribution is -2.55. The molecule has 5 aromatic rings. The lowest BCUT2D eigenvalue weighted by atomic mass is 9.95. The van der Waals surface area contributed by atoms with Crippen molar-refractivity contribution >= 4 is 97.8 Å². The maximum atomic E-state index is 14.5. The topological polar surface area (TPSA) is 261 Å². The first-order chi connectivity index (χ1) is 38.9. The van der Waals surface area contributed by atoms with E-state index in [1.54, 1.807) is 64.4 Å². The van der Waals surface area contributed by atoms with E-state index < -0.39 is 41.8 Å². The summed E-state index contributed by atoms with van der Waals surface area (Å²) in [4.78, 5) is 116. The van der Waals surface area contributed by atoms with Crippen molar-refractivity contribution in [3.8, 4) is 5.75 Å². The number of nitrogens with zero attached hydrogens (tertiary/aromatic N) is 4. The second-order valence-electron chi connectivity index (χ2n) is 21.9. The molecule has 8 rings (SSSR count). The number of likely N-dealkylation sites (N-methyl/N-ethyl adjacent to an activating group) is 1. The van der Waals surface area contributed by atoms with E-state index in [0.717, 1.165) is 34.3 Å². The average Bonchev–Trinajstić information content (AvgIpc) is 4.38. The van der Waals surface area contributed by atoms with E-state index in [-0.39, 0.29) is 66.9 Å². The van der Waals surface area contributed by atoms with Crippen molar-refractivity contribution < 1.29 is 43.1 Å². The number of unbranched alkanes of at least 4 members (excludes halogenated alkanes) is 1. The highest BCUT2D eigenvalue weighted by Gasteiger charge is 2.37. The number of anilines is 3. The summed E-state index contributed by atoms with van der Waals surface area (Å²) >= 11 is 6.57. The van der Waals surface area contributed by atoms with Gasteiger partial charge in [-0.25, -0.2) is 4.79 Å². The van der Waals surface area contributed by atoms with E-state index >= 15 is 0 Å². The quantitative estimate of drug-likeness (QED) is 0.0193. The number of rotatable bonds is 24. The molecule has 0 saturated carbocycles. The zero-order valence-corrected chi connectivity index (χ0v) is 47.4. The Balaban J connectivity index is 0.880. The first-order valence-corrected chi connectivity index (χ1v) is 28.4. The molecule has 430 valence electrons. The lowest BCUT2D eigenvalue weighted by Gasteiger charge is -2.31. The Morgan fingerprint density at radius 2 is 1.49 bits per heavy atom. The summed E-state index contributed by atoms with van der Waals surface area (Å²) in [6, 6.07) is 20.9. The molecule has 0 radical (unpaired) electrons. The first-order valence-electron chi connectivity index (χ1n) is 27.9. The van der Waals surface area contributed by atoms with Gasteiger partial charge < -0.3 is 56.7 Å². The van der Waals surface area contributed by atoms with Crippen LogP contribution in [0.3, 0.4) is 0 Å². The molecule has 0 aliphatic carbocycles. The molecule has 1 aromatic heterocycles. The predicted molar refractivity (Wildman–Crippen MR) is 313 cm³/mol. The van der Waals surface area contributed by atoms with Gasteiger partial charge in [-0.05, 0) is 117 Å². The van der Waals surface area contributed by atoms with Crippen LogP contribution in [0.4, 0.5) is 21.9 Å². The van der Waals surface area contributed by atoms with Crippen LogP contribution in [0.1, 0.15) is 98.5 Å². The number of nitrogens with one attached hydrogen (secondary N) is 6. The Labute approximate surface area is 476 Å². The van der Waals surface area contributed by atoms with Gasteiger partial charge in [-0.3, -0.25) is 38.5 Å². The van der Waals surface area contributed by atoms with Crippen molar-refractivity contribution in [1.29, 1.82) is 0 Å².